The van der Waals surface area contributed by atoms with E-state index in [1.165, 1.54) is 0 Å². The van der Waals surface area contributed by atoms with E-state index in [4.69, 9.17) is 9.47 Å². The number of hydrogen-bond acceptors (Lipinski definition) is 8. The van der Waals surface area contributed by atoms with Crippen molar-refractivity contribution in [2.75, 3.05) is 18.1 Å². The molecule has 2 aliphatic rings. The van der Waals surface area contributed by atoms with Gasteiger partial charge in [-0.25, -0.2) is 13.4 Å². The molecule has 1 aromatic carbocycles. The topological polar surface area (TPSA) is 136 Å². The molecule has 0 bridgehead atoms. The Balaban J connectivity index is 1.41. The molecule has 10 nitrogen and oxygen atoms in total. The number of nitrogens with zero attached hydrogens (tertiary/aromatic N) is 1. The molecule has 0 radical (unpaired) electrons. The molecule has 1 saturated heterocycles. The summed E-state index contributed by atoms with van der Waals surface area (Å²) in [5.74, 6) is 0.135. The maximum atomic E-state index is 13.1. The Labute approximate surface area is 218 Å². The van der Waals surface area contributed by atoms with Crippen LogP contribution in [0.1, 0.15) is 32.6 Å². The van der Waals surface area contributed by atoms with Crippen LogP contribution in [0.25, 0.3) is 10.8 Å². The smallest absolute Gasteiger partial charge is 0.259 e. The van der Waals surface area contributed by atoms with E-state index in [0.717, 1.165) is 16.5 Å². The zero-order valence-electron chi connectivity index (χ0n) is 19.5. The minimum absolute atomic E-state index is 0.231. The van der Waals surface area contributed by atoms with E-state index < -0.39 is 32.8 Å². The minimum Gasteiger partial charge on any atom is -0.497 e. The number of sulfonamides is 1. The number of rotatable bonds is 10. The van der Waals surface area contributed by atoms with Gasteiger partial charge in [0.1, 0.15) is 17.4 Å². The Hall–Kier alpha value is -2.19. The molecule has 1 saturated carbocycles. The number of halogens is 1. The largest absolute Gasteiger partial charge is 0.497 e. The van der Waals surface area contributed by atoms with Gasteiger partial charge in [-0.2, -0.15) is 0 Å². The van der Waals surface area contributed by atoms with Crippen LogP contribution in [0, 0.1) is 0 Å². The summed E-state index contributed by atoms with van der Waals surface area (Å²) < 4.78 is 38.4. The first-order valence-corrected chi connectivity index (χ1v) is 14.6. The highest BCUT2D eigenvalue weighted by Crippen LogP contribution is 2.29. The lowest BCUT2D eigenvalue weighted by molar-refractivity contribution is -0.132. The Kier molecular flexibility index (Phi) is 7.71. The van der Waals surface area contributed by atoms with Crippen LogP contribution in [0.3, 0.4) is 0 Å². The molecule has 0 spiro atoms. The van der Waals surface area contributed by atoms with Crippen molar-refractivity contribution < 1.29 is 27.5 Å². The third kappa shape index (κ3) is 5.64. The second-order valence-corrected chi connectivity index (χ2v) is 11.6. The van der Waals surface area contributed by atoms with Gasteiger partial charge >= 0.3 is 0 Å². The summed E-state index contributed by atoms with van der Waals surface area (Å²) in [5.41, 5.74) is -1.32. The van der Waals surface area contributed by atoms with Gasteiger partial charge in [0, 0.05) is 29.0 Å². The Morgan fingerprint density at radius 1 is 1.29 bits per heavy atom. The quantitative estimate of drug-likeness (QED) is 0.271. The first-order chi connectivity index (χ1) is 16.7. The van der Waals surface area contributed by atoms with Gasteiger partial charge in [-0.3, -0.25) is 14.3 Å². The summed E-state index contributed by atoms with van der Waals surface area (Å²) in [5, 5.41) is 7.19. The predicted octanol–water partition coefficient (Wildman–Crippen LogP) is 1.66. The van der Waals surface area contributed by atoms with Gasteiger partial charge in [-0.05, 0) is 48.9 Å². The molecule has 2 heterocycles. The monoisotopic (exact) mass is 616 g/mol. The number of nitrogens with one attached hydrogen (secondary N) is 3. The van der Waals surface area contributed by atoms with E-state index in [1.807, 2.05) is 46.9 Å². The van der Waals surface area contributed by atoms with Crippen LogP contribution < -0.4 is 24.8 Å². The molecular formula is C23H29IN4O6S. The van der Waals surface area contributed by atoms with E-state index in [0.29, 0.717) is 31.7 Å². The summed E-state index contributed by atoms with van der Waals surface area (Å²) in [6.07, 6.45) is 3.09. The van der Waals surface area contributed by atoms with Gasteiger partial charge in [0.05, 0.1) is 18.4 Å². The SMILES string of the molecule is CC[C@](CI)(NC(=O)[C@@H]1C[C@@H](Oc2nccc3cc(OC)ccc23)CN1)C(=O)NS(=O)(=O)C1CC1. The highest BCUT2D eigenvalue weighted by Gasteiger charge is 2.44. The van der Waals surface area contributed by atoms with Crippen LogP contribution in [0.2, 0.25) is 0 Å². The normalized spacial score (nSPS) is 21.8. The first kappa shape index (κ1) is 25.9. The maximum absolute atomic E-state index is 13.1. The van der Waals surface area contributed by atoms with E-state index in [2.05, 4.69) is 20.3 Å². The van der Waals surface area contributed by atoms with E-state index in [-0.39, 0.29) is 22.9 Å². The van der Waals surface area contributed by atoms with Crippen molar-refractivity contribution in [3.05, 3.63) is 30.5 Å². The maximum Gasteiger partial charge on any atom is 0.259 e. The zero-order chi connectivity index (χ0) is 25.2. The van der Waals surface area contributed by atoms with Crippen LogP contribution in [-0.4, -0.2) is 66.2 Å². The summed E-state index contributed by atoms with van der Waals surface area (Å²) in [7, 11) is -2.11. The molecular weight excluding hydrogens is 587 g/mol. The number of hydrogen-bond donors (Lipinski definition) is 3. The van der Waals surface area contributed by atoms with Gasteiger partial charge < -0.3 is 20.1 Å². The Bertz CT molecular complexity index is 1220. The average Bonchev–Trinajstić information content (AvgIpc) is 3.62. The lowest BCUT2D eigenvalue weighted by Crippen LogP contribution is -2.63. The van der Waals surface area contributed by atoms with Crippen LogP contribution in [0.4, 0.5) is 0 Å². The molecule has 0 unspecified atom stereocenters. The summed E-state index contributed by atoms with van der Waals surface area (Å²) in [6, 6.07) is 6.90. The van der Waals surface area contributed by atoms with Gasteiger partial charge in [0.2, 0.25) is 21.8 Å². The summed E-state index contributed by atoms with van der Waals surface area (Å²) in [6.45, 7) is 2.18. The van der Waals surface area contributed by atoms with Gasteiger partial charge in [-0.15, -0.1) is 0 Å². The fraction of sp³-hybridized carbons (Fsp3) is 0.522. The Morgan fingerprint density at radius 2 is 2.06 bits per heavy atom. The average molecular weight is 616 g/mol. The molecule has 12 heteroatoms. The van der Waals surface area contributed by atoms with Crippen LogP contribution >= 0.6 is 22.6 Å². The van der Waals surface area contributed by atoms with Crippen molar-refractivity contribution >= 4 is 55.2 Å². The van der Waals surface area contributed by atoms with Gasteiger partial charge in [0.25, 0.3) is 5.91 Å². The molecule has 3 atom stereocenters. The molecule has 1 aromatic heterocycles. The highest BCUT2D eigenvalue weighted by molar-refractivity contribution is 14.1. The number of carbonyl (C=O) groups excluding carboxylic acids is 2. The number of methoxy groups -OCH3 is 1. The van der Waals surface area contributed by atoms with E-state index >= 15 is 0 Å². The fourth-order valence-corrected chi connectivity index (χ4v) is 6.46. The third-order valence-electron chi connectivity index (χ3n) is 6.45. The highest BCUT2D eigenvalue weighted by atomic mass is 127. The second kappa shape index (κ2) is 10.4. The van der Waals surface area contributed by atoms with E-state index in [9.17, 15) is 18.0 Å². The summed E-state index contributed by atoms with van der Waals surface area (Å²) in [4.78, 5) is 30.4. The molecule has 1 aliphatic heterocycles. The number of alkyl halides is 1. The second-order valence-electron chi connectivity index (χ2n) is 8.87. The predicted molar refractivity (Wildman–Crippen MR) is 139 cm³/mol. The molecule has 2 amide bonds. The lowest BCUT2D eigenvalue weighted by atomic mass is 9.97. The number of carbonyl (C=O) groups is 2. The number of pyridine rings is 1. The number of benzene rings is 1. The molecule has 4 rings (SSSR count). The molecule has 2 aromatic rings. The first-order valence-electron chi connectivity index (χ1n) is 11.5. The van der Waals surface area contributed by atoms with Crippen molar-refractivity contribution in [2.45, 2.75) is 55.5 Å². The number of fused-ring (bicyclic) bond motifs is 1. The lowest BCUT2D eigenvalue weighted by Gasteiger charge is -2.31. The molecule has 35 heavy (non-hydrogen) atoms. The zero-order valence-corrected chi connectivity index (χ0v) is 22.5. The number of ether oxygens (including phenoxy) is 2. The van der Waals surface area contributed by atoms with E-state index in [1.54, 1.807) is 20.2 Å². The molecule has 3 N–H and O–H groups in total. The standard InChI is InChI=1S/C23H29IN4O6S/c1-3-23(13-24,22(30)28-35(31,32)17-5-6-17)27-20(29)19-11-16(12-26-19)34-21-18-7-4-15(33-2)10-14(18)8-9-25-21/h4,7-10,16-17,19,26H,3,5-6,11-13H2,1-2H3,(H,27,29)(H,28,30)/t16-,19+,23-/m1/s1. The van der Waals surface area contributed by atoms with Gasteiger partial charge in [0.15, 0.2) is 0 Å². The summed E-state index contributed by atoms with van der Waals surface area (Å²) >= 11 is 2.00. The minimum atomic E-state index is -3.71. The van der Waals surface area contributed by atoms with Gasteiger partial charge in [-0.1, -0.05) is 29.5 Å². The van der Waals surface area contributed by atoms with Crippen molar-refractivity contribution in [1.29, 1.82) is 0 Å². The van der Waals surface area contributed by atoms with Crippen molar-refractivity contribution in [3.63, 3.8) is 0 Å². The van der Waals surface area contributed by atoms with Crippen molar-refractivity contribution in [2.24, 2.45) is 0 Å². The molecule has 2 fully saturated rings. The van der Waals surface area contributed by atoms with Crippen molar-refractivity contribution in [3.8, 4) is 11.6 Å². The number of amides is 2. The number of aromatic nitrogens is 1. The van der Waals surface area contributed by atoms with Crippen LogP contribution in [0.15, 0.2) is 30.5 Å². The van der Waals surface area contributed by atoms with Crippen LogP contribution in [-0.2, 0) is 19.6 Å². The molecule has 190 valence electrons. The third-order valence-corrected chi connectivity index (χ3v) is 9.57. The van der Waals surface area contributed by atoms with Crippen LogP contribution in [0.5, 0.6) is 11.6 Å². The van der Waals surface area contributed by atoms with Crippen molar-refractivity contribution in [1.82, 2.24) is 20.3 Å². The Morgan fingerprint density at radius 3 is 2.71 bits per heavy atom. The fourth-order valence-electron chi connectivity index (χ4n) is 4.01. The molecule has 1 aliphatic carbocycles.